The first-order valence-electron chi connectivity index (χ1n) is 6.52. The average Bonchev–Trinajstić information content (AvgIpc) is 2.38. The Kier molecular flexibility index (Phi) is 4.19. The number of hydrogen-bond acceptors (Lipinski definition) is 3. The van der Waals surface area contributed by atoms with Gasteiger partial charge in [0.05, 0.1) is 5.69 Å². The third kappa shape index (κ3) is 2.82. The summed E-state index contributed by atoms with van der Waals surface area (Å²) in [5.74, 6) is 0.167. The largest absolute Gasteiger partial charge is 0.396 e. The molecule has 3 nitrogen and oxygen atoms in total. The molecular weight excluding hydrogens is 231 g/mol. The second kappa shape index (κ2) is 5.67. The van der Waals surface area contributed by atoms with E-state index >= 15 is 0 Å². The quantitative estimate of drug-likeness (QED) is 0.865. The van der Waals surface area contributed by atoms with Crippen LogP contribution in [0.2, 0.25) is 0 Å². The van der Waals surface area contributed by atoms with Crippen LogP contribution in [0, 0.1) is 11.7 Å². The number of aliphatic hydroxyl groups is 1. The number of anilines is 1. The van der Waals surface area contributed by atoms with Crippen LogP contribution in [0.1, 0.15) is 31.4 Å². The lowest BCUT2D eigenvalue weighted by Crippen LogP contribution is -2.35. The molecule has 1 aliphatic rings. The first-order valence-corrected chi connectivity index (χ1v) is 6.52. The SMILES string of the molecule is C[C@@H](N)c1ccc(N2CCC(CO)CC2)c(F)c1. The van der Waals surface area contributed by atoms with Crippen molar-refractivity contribution in [2.45, 2.75) is 25.8 Å². The molecule has 4 heteroatoms. The Bertz CT molecular complexity index is 401. The van der Waals surface area contributed by atoms with E-state index in [9.17, 15) is 4.39 Å². The van der Waals surface area contributed by atoms with Crippen molar-refractivity contribution in [2.24, 2.45) is 11.7 Å². The predicted octanol–water partition coefficient (Wildman–Crippen LogP) is 2.05. The van der Waals surface area contributed by atoms with Gasteiger partial charge in [-0.05, 0) is 43.4 Å². The van der Waals surface area contributed by atoms with E-state index in [1.54, 1.807) is 0 Å². The number of nitrogens with zero attached hydrogens (tertiary/aromatic N) is 1. The van der Waals surface area contributed by atoms with Crippen molar-refractivity contribution in [2.75, 3.05) is 24.6 Å². The van der Waals surface area contributed by atoms with Crippen LogP contribution in [0.25, 0.3) is 0 Å². The molecule has 1 aliphatic heterocycles. The van der Waals surface area contributed by atoms with Crippen LogP contribution >= 0.6 is 0 Å². The van der Waals surface area contributed by atoms with Crippen molar-refractivity contribution >= 4 is 5.69 Å². The maximum Gasteiger partial charge on any atom is 0.146 e. The molecule has 1 heterocycles. The Morgan fingerprint density at radius 2 is 2.11 bits per heavy atom. The maximum absolute atomic E-state index is 14.0. The van der Waals surface area contributed by atoms with E-state index in [0.717, 1.165) is 31.5 Å². The Labute approximate surface area is 107 Å². The molecule has 100 valence electrons. The summed E-state index contributed by atoms with van der Waals surface area (Å²) >= 11 is 0. The summed E-state index contributed by atoms with van der Waals surface area (Å²) < 4.78 is 14.0. The van der Waals surface area contributed by atoms with E-state index in [-0.39, 0.29) is 18.5 Å². The summed E-state index contributed by atoms with van der Waals surface area (Å²) in [6.45, 7) is 3.69. The van der Waals surface area contributed by atoms with Crippen molar-refractivity contribution in [1.29, 1.82) is 0 Å². The van der Waals surface area contributed by atoms with Gasteiger partial charge in [-0.15, -0.1) is 0 Å². The van der Waals surface area contributed by atoms with Crippen LogP contribution in [0.15, 0.2) is 18.2 Å². The number of benzene rings is 1. The normalized spacial score (nSPS) is 19.0. The fourth-order valence-electron chi connectivity index (χ4n) is 2.42. The van der Waals surface area contributed by atoms with E-state index in [1.165, 1.54) is 6.07 Å². The molecule has 1 atom stereocenters. The van der Waals surface area contributed by atoms with Gasteiger partial charge in [0.15, 0.2) is 0 Å². The molecule has 0 spiro atoms. The molecule has 18 heavy (non-hydrogen) atoms. The van der Waals surface area contributed by atoms with Crippen molar-refractivity contribution in [1.82, 2.24) is 0 Å². The van der Waals surface area contributed by atoms with E-state index in [4.69, 9.17) is 10.8 Å². The molecule has 1 saturated heterocycles. The molecule has 1 aromatic rings. The van der Waals surface area contributed by atoms with Gasteiger partial charge < -0.3 is 15.7 Å². The molecule has 1 aromatic carbocycles. The van der Waals surface area contributed by atoms with Crippen molar-refractivity contribution in [3.8, 4) is 0 Å². The van der Waals surface area contributed by atoms with Crippen LogP contribution in [0.3, 0.4) is 0 Å². The highest BCUT2D eigenvalue weighted by molar-refractivity contribution is 5.49. The van der Waals surface area contributed by atoms with E-state index in [1.807, 2.05) is 24.0 Å². The van der Waals surface area contributed by atoms with Crippen LogP contribution in [-0.2, 0) is 0 Å². The summed E-state index contributed by atoms with van der Waals surface area (Å²) in [5.41, 5.74) is 7.21. The maximum atomic E-state index is 14.0. The second-order valence-corrected chi connectivity index (χ2v) is 5.11. The van der Waals surface area contributed by atoms with E-state index in [0.29, 0.717) is 11.6 Å². The minimum Gasteiger partial charge on any atom is -0.396 e. The van der Waals surface area contributed by atoms with Crippen LogP contribution in [0.4, 0.5) is 10.1 Å². The van der Waals surface area contributed by atoms with Gasteiger partial charge in [0.25, 0.3) is 0 Å². The molecule has 0 aliphatic carbocycles. The molecule has 0 radical (unpaired) electrons. The summed E-state index contributed by atoms with van der Waals surface area (Å²) in [7, 11) is 0. The van der Waals surface area contributed by atoms with Crippen molar-refractivity contribution in [3.63, 3.8) is 0 Å². The minimum absolute atomic E-state index is 0.145. The lowest BCUT2D eigenvalue weighted by atomic mass is 9.97. The van der Waals surface area contributed by atoms with Crippen molar-refractivity contribution in [3.05, 3.63) is 29.6 Å². The van der Waals surface area contributed by atoms with Gasteiger partial charge in [0, 0.05) is 25.7 Å². The fourth-order valence-corrected chi connectivity index (χ4v) is 2.42. The Balaban J connectivity index is 2.10. The van der Waals surface area contributed by atoms with Gasteiger partial charge >= 0.3 is 0 Å². The van der Waals surface area contributed by atoms with Gasteiger partial charge in [0.1, 0.15) is 5.82 Å². The Morgan fingerprint density at radius 1 is 1.44 bits per heavy atom. The molecule has 0 bridgehead atoms. The topological polar surface area (TPSA) is 49.5 Å². The molecule has 0 saturated carbocycles. The number of aliphatic hydroxyl groups excluding tert-OH is 1. The van der Waals surface area contributed by atoms with Gasteiger partial charge in [-0.25, -0.2) is 4.39 Å². The molecule has 3 N–H and O–H groups in total. The molecule has 0 unspecified atom stereocenters. The number of rotatable bonds is 3. The highest BCUT2D eigenvalue weighted by atomic mass is 19.1. The smallest absolute Gasteiger partial charge is 0.146 e. The number of hydrogen-bond donors (Lipinski definition) is 2. The lowest BCUT2D eigenvalue weighted by Gasteiger charge is -2.33. The van der Waals surface area contributed by atoms with Crippen LogP contribution in [-0.4, -0.2) is 24.8 Å². The molecule has 0 aromatic heterocycles. The van der Waals surface area contributed by atoms with Gasteiger partial charge in [0.2, 0.25) is 0 Å². The number of piperidine rings is 1. The first-order chi connectivity index (χ1) is 8.61. The Hall–Kier alpha value is -1.13. The highest BCUT2D eigenvalue weighted by Gasteiger charge is 2.20. The fraction of sp³-hybridized carbons (Fsp3) is 0.571. The zero-order valence-electron chi connectivity index (χ0n) is 10.8. The van der Waals surface area contributed by atoms with Crippen LogP contribution < -0.4 is 10.6 Å². The molecule has 1 fully saturated rings. The number of nitrogens with two attached hydrogens (primary N) is 1. The van der Waals surface area contributed by atoms with Gasteiger partial charge in [-0.3, -0.25) is 0 Å². The second-order valence-electron chi connectivity index (χ2n) is 5.11. The lowest BCUT2D eigenvalue weighted by molar-refractivity contribution is 0.203. The summed E-state index contributed by atoms with van der Waals surface area (Å²) in [6, 6.07) is 5.08. The third-order valence-electron chi connectivity index (χ3n) is 3.71. The summed E-state index contributed by atoms with van der Waals surface area (Å²) in [5, 5.41) is 9.09. The van der Waals surface area contributed by atoms with E-state index in [2.05, 4.69) is 0 Å². The molecule has 2 rings (SSSR count). The standard InChI is InChI=1S/C14H21FN2O/c1-10(16)12-2-3-14(13(15)8-12)17-6-4-11(9-18)5-7-17/h2-3,8,10-11,18H,4-7,9,16H2,1H3/t10-/m1/s1. The molecular formula is C14H21FN2O. The van der Waals surface area contributed by atoms with Gasteiger partial charge in [-0.1, -0.05) is 6.07 Å². The van der Waals surface area contributed by atoms with Crippen LogP contribution in [0.5, 0.6) is 0 Å². The first kappa shape index (κ1) is 13.3. The Morgan fingerprint density at radius 3 is 2.61 bits per heavy atom. The zero-order valence-corrected chi connectivity index (χ0v) is 10.8. The average molecular weight is 252 g/mol. The monoisotopic (exact) mass is 252 g/mol. The summed E-state index contributed by atoms with van der Waals surface area (Å²) in [6.07, 6.45) is 1.84. The minimum atomic E-state index is -0.202. The number of halogens is 1. The summed E-state index contributed by atoms with van der Waals surface area (Å²) in [4.78, 5) is 2.05. The zero-order chi connectivity index (χ0) is 13.1. The van der Waals surface area contributed by atoms with E-state index < -0.39 is 0 Å². The van der Waals surface area contributed by atoms with Gasteiger partial charge in [-0.2, -0.15) is 0 Å². The highest BCUT2D eigenvalue weighted by Crippen LogP contribution is 2.27. The molecule has 0 amide bonds. The van der Waals surface area contributed by atoms with Crippen molar-refractivity contribution < 1.29 is 9.50 Å². The third-order valence-corrected chi connectivity index (χ3v) is 3.71. The predicted molar refractivity (Wildman–Crippen MR) is 71.0 cm³/mol.